The van der Waals surface area contributed by atoms with Crippen molar-refractivity contribution in [2.45, 2.75) is 110 Å². The summed E-state index contributed by atoms with van der Waals surface area (Å²) in [6.07, 6.45) is 10.0. The lowest BCUT2D eigenvalue weighted by Crippen LogP contribution is -2.48. The Balaban J connectivity index is 1.81. The van der Waals surface area contributed by atoms with Crippen molar-refractivity contribution in [1.29, 1.82) is 0 Å². The first-order valence-corrected chi connectivity index (χ1v) is 11.4. The summed E-state index contributed by atoms with van der Waals surface area (Å²) in [4.78, 5) is 22.9. The van der Waals surface area contributed by atoms with E-state index in [0.29, 0.717) is 0 Å². The van der Waals surface area contributed by atoms with E-state index in [2.05, 4.69) is 40.3 Å². The van der Waals surface area contributed by atoms with Crippen LogP contribution >= 0.6 is 0 Å². The second-order valence-corrected chi connectivity index (χ2v) is 10.3. The number of hydrogen-bond donors (Lipinski definition) is 1. The molecule has 1 heterocycles. The molecule has 2 unspecified atom stereocenters. The van der Waals surface area contributed by atoms with Crippen LogP contribution in [0.3, 0.4) is 0 Å². The fraction of sp³-hybridized carbons (Fsp3) is 0.800. The second kappa shape index (κ2) is 9.97. The minimum atomic E-state index is -0.780. The van der Waals surface area contributed by atoms with Gasteiger partial charge in [0, 0.05) is 0 Å². The van der Waals surface area contributed by atoms with Gasteiger partial charge in [0.1, 0.15) is 11.7 Å². The number of aliphatic hydroxyl groups is 1. The largest absolute Gasteiger partial charge is 0.469 e. The number of rotatable bonds is 8. The molecule has 2 rings (SSSR count). The van der Waals surface area contributed by atoms with Gasteiger partial charge in [-0.3, -0.25) is 4.79 Å². The summed E-state index contributed by atoms with van der Waals surface area (Å²) in [5, 5.41) is 11.3. The van der Waals surface area contributed by atoms with Crippen molar-refractivity contribution in [3.05, 3.63) is 23.8 Å². The van der Waals surface area contributed by atoms with Gasteiger partial charge in [-0.05, 0) is 89.5 Å². The number of allylic oxidation sites excluding steroid dienone is 2. The Morgan fingerprint density at radius 1 is 1.33 bits per heavy atom. The number of carbonyl (C=O) groups excluding carboxylic acids is 1. The summed E-state index contributed by atoms with van der Waals surface area (Å²) in [5.74, 6) is -0.595. The topological polar surface area (TPSA) is 65.0 Å². The van der Waals surface area contributed by atoms with E-state index < -0.39 is 5.60 Å². The maximum Gasteiger partial charge on any atom is 0.311 e. The molecule has 30 heavy (non-hydrogen) atoms. The van der Waals surface area contributed by atoms with Crippen LogP contribution in [-0.4, -0.2) is 35.5 Å². The van der Waals surface area contributed by atoms with E-state index in [-0.39, 0.29) is 29.0 Å². The molecule has 4 atom stereocenters. The molecular formula is C25H42O5. The highest BCUT2D eigenvalue weighted by atomic mass is 17.2. The molecule has 0 aromatic heterocycles. The highest BCUT2D eigenvalue weighted by Crippen LogP contribution is 2.49. The fourth-order valence-electron chi connectivity index (χ4n) is 4.81. The number of hydrogen-bond acceptors (Lipinski definition) is 5. The average Bonchev–Trinajstić information content (AvgIpc) is 2.70. The molecule has 1 N–H and O–H groups in total. The SMILES string of the molecule is C=C1CCCC(C)(C)C1(O)CC/C(C)=C/CC[C@]1(C)CC[C@H](C(C)C(=O)OC)OO1. The van der Waals surface area contributed by atoms with Crippen molar-refractivity contribution in [2.75, 3.05) is 7.11 Å². The van der Waals surface area contributed by atoms with E-state index in [4.69, 9.17) is 14.5 Å². The zero-order valence-electron chi connectivity index (χ0n) is 19.9. The molecule has 1 aliphatic heterocycles. The summed E-state index contributed by atoms with van der Waals surface area (Å²) in [5.41, 5.74) is 1.03. The molecule has 0 aromatic rings. The second-order valence-electron chi connectivity index (χ2n) is 10.3. The van der Waals surface area contributed by atoms with Crippen LogP contribution in [0.15, 0.2) is 23.8 Å². The van der Waals surface area contributed by atoms with E-state index in [0.717, 1.165) is 63.4 Å². The maximum absolute atomic E-state index is 11.7. The zero-order valence-corrected chi connectivity index (χ0v) is 19.9. The van der Waals surface area contributed by atoms with Crippen LogP contribution in [0.1, 0.15) is 92.4 Å². The van der Waals surface area contributed by atoms with Gasteiger partial charge in [0.15, 0.2) is 0 Å². The van der Waals surface area contributed by atoms with Crippen LogP contribution in [0.2, 0.25) is 0 Å². The van der Waals surface area contributed by atoms with E-state index in [9.17, 15) is 9.90 Å². The third kappa shape index (κ3) is 5.74. The fourth-order valence-corrected chi connectivity index (χ4v) is 4.81. The Bertz CT molecular complexity index is 642. The molecule has 1 aliphatic carbocycles. The molecule has 5 nitrogen and oxygen atoms in total. The smallest absolute Gasteiger partial charge is 0.311 e. The van der Waals surface area contributed by atoms with Gasteiger partial charge >= 0.3 is 5.97 Å². The minimum Gasteiger partial charge on any atom is -0.469 e. The van der Waals surface area contributed by atoms with Crippen molar-refractivity contribution in [2.24, 2.45) is 11.3 Å². The van der Waals surface area contributed by atoms with Gasteiger partial charge in [-0.2, -0.15) is 0 Å². The minimum absolute atomic E-state index is 0.124. The van der Waals surface area contributed by atoms with Crippen LogP contribution in [-0.2, 0) is 19.3 Å². The highest BCUT2D eigenvalue weighted by molar-refractivity contribution is 5.72. The molecule has 2 aliphatic rings. The summed E-state index contributed by atoms with van der Waals surface area (Å²) < 4.78 is 4.80. The molecule has 0 bridgehead atoms. The third-order valence-electron chi connectivity index (χ3n) is 7.49. The Hall–Kier alpha value is -1.17. The lowest BCUT2D eigenvalue weighted by atomic mass is 9.61. The van der Waals surface area contributed by atoms with Crippen LogP contribution in [0.25, 0.3) is 0 Å². The van der Waals surface area contributed by atoms with Gasteiger partial charge in [0.25, 0.3) is 0 Å². The molecule has 2 fully saturated rings. The van der Waals surface area contributed by atoms with Crippen molar-refractivity contribution >= 4 is 5.97 Å². The third-order valence-corrected chi connectivity index (χ3v) is 7.49. The molecule has 0 radical (unpaired) electrons. The van der Waals surface area contributed by atoms with E-state index in [1.807, 2.05) is 6.92 Å². The monoisotopic (exact) mass is 422 g/mol. The number of methoxy groups -OCH3 is 1. The molecular weight excluding hydrogens is 380 g/mol. The Labute approximate surface area is 182 Å². The molecule has 1 saturated carbocycles. The van der Waals surface area contributed by atoms with Gasteiger partial charge < -0.3 is 9.84 Å². The first kappa shape index (κ1) is 25.1. The van der Waals surface area contributed by atoms with Gasteiger partial charge in [-0.1, -0.05) is 32.1 Å². The van der Waals surface area contributed by atoms with Crippen LogP contribution in [0.4, 0.5) is 0 Å². The number of esters is 1. The Morgan fingerprint density at radius 3 is 2.60 bits per heavy atom. The summed E-state index contributed by atoms with van der Waals surface area (Å²) in [6, 6.07) is 0. The van der Waals surface area contributed by atoms with Crippen LogP contribution in [0, 0.1) is 11.3 Å². The van der Waals surface area contributed by atoms with E-state index in [1.54, 1.807) is 0 Å². The lowest BCUT2D eigenvalue weighted by Gasteiger charge is -2.48. The Kier molecular flexibility index (Phi) is 8.34. The van der Waals surface area contributed by atoms with Gasteiger partial charge in [-0.25, -0.2) is 9.78 Å². The van der Waals surface area contributed by atoms with Crippen molar-refractivity contribution in [3.63, 3.8) is 0 Å². The zero-order chi connectivity index (χ0) is 22.6. The van der Waals surface area contributed by atoms with Crippen molar-refractivity contribution < 1.29 is 24.4 Å². The van der Waals surface area contributed by atoms with E-state index >= 15 is 0 Å². The average molecular weight is 423 g/mol. The highest BCUT2D eigenvalue weighted by Gasteiger charge is 2.47. The van der Waals surface area contributed by atoms with Gasteiger partial charge in [0.05, 0.1) is 18.6 Å². The summed E-state index contributed by atoms with van der Waals surface area (Å²) >= 11 is 0. The van der Waals surface area contributed by atoms with Crippen LogP contribution in [0.5, 0.6) is 0 Å². The quantitative estimate of drug-likeness (QED) is 0.310. The normalized spacial score (nSPS) is 33.2. The molecule has 5 heteroatoms. The predicted molar refractivity (Wildman–Crippen MR) is 119 cm³/mol. The maximum atomic E-state index is 11.7. The van der Waals surface area contributed by atoms with Crippen molar-refractivity contribution in [3.8, 4) is 0 Å². The first-order valence-electron chi connectivity index (χ1n) is 11.4. The summed E-state index contributed by atoms with van der Waals surface area (Å²) in [7, 11) is 1.39. The summed E-state index contributed by atoms with van der Waals surface area (Å²) in [6.45, 7) is 14.5. The number of ether oxygens (including phenoxy) is 1. The molecule has 1 saturated heterocycles. The molecule has 0 spiro atoms. The predicted octanol–water partition coefficient (Wildman–Crippen LogP) is 5.67. The van der Waals surface area contributed by atoms with E-state index in [1.165, 1.54) is 12.7 Å². The molecule has 0 aromatic carbocycles. The van der Waals surface area contributed by atoms with Crippen molar-refractivity contribution in [1.82, 2.24) is 0 Å². The van der Waals surface area contributed by atoms with Gasteiger partial charge in [0.2, 0.25) is 0 Å². The van der Waals surface area contributed by atoms with Crippen LogP contribution < -0.4 is 0 Å². The molecule has 0 amide bonds. The molecule has 172 valence electrons. The first-order chi connectivity index (χ1) is 13.9. The lowest BCUT2D eigenvalue weighted by molar-refractivity contribution is -0.411. The van der Waals surface area contributed by atoms with Gasteiger partial charge in [-0.15, -0.1) is 0 Å². The Morgan fingerprint density at radius 2 is 2.03 bits per heavy atom. The number of carbonyl (C=O) groups is 1. The standard InChI is InChI=1S/C25H42O5/c1-18(12-17-25(27)19(2)11-9-14-23(25,4)5)10-8-15-24(6)16-13-21(29-30-24)20(3)22(26)28-7/h10,20-21,27H,2,8-9,11-17H2,1,3-7H3/b18-10+/t20?,21-,24-,25?/m1/s1.